The van der Waals surface area contributed by atoms with Crippen LogP contribution in [0.3, 0.4) is 0 Å². The minimum atomic E-state index is 0.372. The molecule has 0 bridgehead atoms. The highest BCUT2D eigenvalue weighted by Crippen LogP contribution is 2.36. The van der Waals surface area contributed by atoms with Gasteiger partial charge >= 0.3 is 0 Å². The van der Waals surface area contributed by atoms with Crippen molar-refractivity contribution in [1.82, 2.24) is 0 Å². The van der Waals surface area contributed by atoms with Crippen molar-refractivity contribution in [3.8, 4) is 0 Å². The average Bonchev–Trinajstić information content (AvgIpc) is 2.24. The Hall–Kier alpha value is -0.340. The lowest BCUT2D eigenvalue weighted by molar-refractivity contribution is 0.305. The number of hydrogen-bond donors (Lipinski definition) is 1. The van der Waals surface area contributed by atoms with E-state index in [1.807, 2.05) is 23.9 Å². The molecular weight excluding hydrogens is 250 g/mol. The lowest BCUT2D eigenvalue weighted by atomic mass is 9.82. The number of rotatable bonds is 2. The van der Waals surface area contributed by atoms with Gasteiger partial charge in [0.25, 0.3) is 0 Å². The standard InChI is InChI=1S/C14H20ClNS/c1-10-8-11(15)4-5-12(10)16-13-9-17-7-6-14(13,2)3/h4-5,8,13,16H,6-7,9H2,1-3H3. The molecule has 1 fully saturated rings. The summed E-state index contributed by atoms with van der Waals surface area (Å²) in [5.74, 6) is 2.47. The van der Waals surface area contributed by atoms with E-state index in [9.17, 15) is 0 Å². The van der Waals surface area contributed by atoms with Gasteiger partial charge in [-0.3, -0.25) is 0 Å². The predicted octanol–water partition coefficient (Wildman–Crippen LogP) is 4.59. The molecule has 0 aliphatic carbocycles. The molecule has 3 heteroatoms. The first-order valence-corrected chi connectivity index (χ1v) is 7.63. The third-order valence-corrected chi connectivity index (χ3v) is 4.93. The molecule has 0 radical (unpaired) electrons. The van der Waals surface area contributed by atoms with Crippen LogP contribution in [0.4, 0.5) is 5.69 Å². The molecule has 1 saturated heterocycles. The van der Waals surface area contributed by atoms with Crippen molar-refractivity contribution in [3.63, 3.8) is 0 Å². The van der Waals surface area contributed by atoms with Gasteiger partial charge in [-0.15, -0.1) is 0 Å². The Morgan fingerprint density at radius 1 is 1.41 bits per heavy atom. The summed E-state index contributed by atoms with van der Waals surface area (Å²) in [7, 11) is 0. The first kappa shape index (κ1) is 13.1. The Balaban J connectivity index is 2.14. The monoisotopic (exact) mass is 269 g/mol. The van der Waals surface area contributed by atoms with Gasteiger partial charge in [0.15, 0.2) is 0 Å². The van der Waals surface area contributed by atoms with E-state index >= 15 is 0 Å². The number of hydrogen-bond acceptors (Lipinski definition) is 2. The van der Waals surface area contributed by atoms with Gasteiger partial charge in [-0.25, -0.2) is 0 Å². The van der Waals surface area contributed by atoms with E-state index in [1.54, 1.807) is 0 Å². The Morgan fingerprint density at radius 2 is 2.18 bits per heavy atom. The minimum Gasteiger partial charge on any atom is -0.381 e. The van der Waals surface area contributed by atoms with Crippen molar-refractivity contribution in [2.45, 2.75) is 33.2 Å². The molecule has 1 unspecified atom stereocenters. The Labute approximate surface area is 113 Å². The van der Waals surface area contributed by atoms with E-state index in [1.165, 1.54) is 29.2 Å². The molecule has 1 aromatic carbocycles. The van der Waals surface area contributed by atoms with Crippen molar-refractivity contribution in [1.29, 1.82) is 0 Å². The van der Waals surface area contributed by atoms with Crippen LogP contribution in [0.25, 0.3) is 0 Å². The fourth-order valence-electron chi connectivity index (χ4n) is 2.15. The second-order valence-electron chi connectivity index (χ2n) is 5.47. The van der Waals surface area contributed by atoms with Crippen molar-refractivity contribution >= 4 is 29.1 Å². The van der Waals surface area contributed by atoms with Gasteiger partial charge in [0.05, 0.1) is 0 Å². The van der Waals surface area contributed by atoms with Crippen LogP contribution in [0.2, 0.25) is 5.02 Å². The first-order valence-electron chi connectivity index (χ1n) is 6.09. The summed E-state index contributed by atoms with van der Waals surface area (Å²) in [4.78, 5) is 0. The van der Waals surface area contributed by atoms with E-state index in [0.29, 0.717) is 11.5 Å². The fourth-order valence-corrected chi connectivity index (χ4v) is 3.98. The summed E-state index contributed by atoms with van der Waals surface area (Å²) in [6, 6.07) is 6.61. The van der Waals surface area contributed by atoms with Crippen LogP contribution in [-0.4, -0.2) is 17.5 Å². The van der Waals surface area contributed by atoms with Crippen LogP contribution < -0.4 is 5.32 Å². The summed E-state index contributed by atoms with van der Waals surface area (Å²) in [6.45, 7) is 6.82. The smallest absolute Gasteiger partial charge is 0.0410 e. The number of nitrogens with one attached hydrogen (secondary N) is 1. The number of thioether (sulfide) groups is 1. The van der Waals surface area contributed by atoms with E-state index in [-0.39, 0.29) is 0 Å². The lowest BCUT2D eigenvalue weighted by Crippen LogP contribution is -2.41. The molecule has 1 nitrogen and oxygen atoms in total. The maximum absolute atomic E-state index is 5.98. The maximum Gasteiger partial charge on any atom is 0.0410 e. The lowest BCUT2D eigenvalue weighted by Gasteiger charge is -2.39. The van der Waals surface area contributed by atoms with Crippen molar-refractivity contribution in [3.05, 3.63) is 28.8 Å². The van der Waals surface area contributed by atoms with Gasteiger partial charge in [0, 0.05) is 22.5 Å². The molecule has 1 aromatic rings. The predicted molar refractivity (Wildman–Crippen MR) is 79.3 cm³/mol. The molecule has 0 aromatic heterocycles. The molecule has 1 aliphatic rings. The zero-order chi connectivity index (χ0) is 12.5. The number of aryl methyl sites for hydroxylation is 1. The molecule has 0 spiro atoms. The molecule has 1 atom stereocenters. The highest BCUT2D eigenvalue weighted by Gasteiger charge is 2.32. The van der Waals surface area contributed by atoms with Crippen LogP contribution in [0.15, 0.2) is 18.2 Å². The molecule has 1 aliphatic heterocycles. The van der Waals surface area contributed by atoms with Crippen LogP contribution >= 0.6 is 23.4 Å². The van der Waals surface area contributed by atoms with Crippen molar-refractivity contribution < 1.29 is 0 Å². The van der Waals surface area contributed by atoms with Gasteiger partial charge in [0.2, 0.25) is 0 Å². The molecule has 94 valence electrons. The number of benzene rings is 1. The normalized spacial score (nSPS) is 23.4. The van der Waals surface area contributed by atoms with Crippen LogP contribution in [-0.2, 0) is 0 Å². The van der Waals surface area contributed by atoms with Crippen LogP contribution in [0.1, 0.15) is 25.8 Å². The summed E-state index contributed by atoms with van der Waals surface area (Å²) < 4.78 is 0. The average molecular weight is 270 g/mol. The molecule has 0 saturated carbocycles. The van der Waals surface area contributed by atoms with Crippen molar-refractivity contribution in [2.75, 3.05) is 16.8 Å². The topological polar surface area (TPSA) is 12.0 Å². The largest absolute Gasteiger partial charge is 0.381 e. The molecular formula is C14H20ClNS. The third kappa shape index (κ3) is 3.11. The van der Waals surface area contributed by atoms with E-state index in [4.69, 9.17) is 11.6 Å². The summed E-state index contributed by atoms with van der Waals surface area (Å²) in [6.07, 6.45) is 1.28. The van der Waals surface area contributed by atoms with Gasteiger partial charge < -0.3 is 5.32 Å². The van der Waals surface area contributed by atoms with Gasteiger partial charge in [-0.1, -0.05) is 25.4 Å². The maximum atomic E-state index is 5.98. The number of halogens is 1. The highest BCUT2D eigenvalue weighted by atomic mass is 35.5. The second kappa shape index (κ2) is 5.11. The second-order valence-corrected chi connectivity index (χ2v) is 7.06. The summed E-state index contributed by atoms with van der Waals surface area (Å²) in [5, 5.41) is 4.50. The highest BCUT2D eigenvalue weighted by molar-refractivity contribution is 7.99. The Morgan fingerprint density at radius 3 is 2.82 bits per heavy atom. The fraction of sp³-hybridized carbons (Fsp3) is 0.571. The molecule has 0 amide bonds. The Kier molecular flexibility index (Phi) is 3.94. The van der Waals surface area contributed by atoms with Crippen molar-refractivity contribution in [2.24, 2.45) is 5.41 Å². The van der Waals surface area contributed by atoms with E-state index in [0.717, 1.165) is 5.02 Å². The first-order chi connectivity index (χ1) is 7.99. The van der Waals surface area contributed by atoms with E-state index in [2.05, 4.69) is 32.2 Å². The molecule has 17 heavy (non-hydrogen) atoms. The zero-order valence-electron chi connectivity index (χ0n) is 10.7. The van der Waals surface area contributed by atoms with Gasteiger partial charge in [0.1, 0.15) is 0 Å². The SMILES string of the molecule is Cc1cc(Cl)ccc1NC1CSCCC1(C)C. The van der Waals surface area contributed by atoms with Gasteiger partial charge in [-0.2, -0.15) is 11.8 Å². The molecule has 1 heterocycles. The van der Waals surface area contributed by atoms with Gasteiger partial charge in [-0.05, 0) is 48.3 Å². The van der Waals surface area contributed by atoms with E-state index < -0.39 is 0 Å². The summed E-state index contributed by atoms with van der Waals surface area (Å²) >= 11 is 8.03. The number of anilines is 1. The Bertz CT molecular complexity index is 403. The molecule has 2 rings (SSSR count). The molecule has 1 N–H and O–H groups in total. The van der Waals surface area contributed by atoms with Crippen LogP contribution in [0, 0.1) is 12.3 Å². The quantitative estimate of drug-likeness (QED) is 0.843. The van der Waals surface area contributed by atoms with Crippen LogP contribution in [0.5, 0.6) is 0 Å². The third-order valence-electron chi connectivity index (χ3n) is 3.64. The summed E-state index contributed by atoms with van der Waals surface area (Å²) in [5.41, 5.74) is 2.82. The zero-order valence-corrected chi connectivity index (χ0v) is 12.3. The minimum absolute atomic E-state index is 0.372.